The molecular formula is C34H44N10O3. The van der Waals surface area contributed by atoms with Gasteiger partial charge in [0, 0.05) is 60.3 Å². The average Bonchev–Trinajstić information content (AvgIpc) is 3.51. The largest absolute Gasteiger partial charge is 0.497 e. The minimum Gasteiger partial charge on any atom is -0.497 e. The molecule has 1 fully saturated rings. The van der Waals surface area contributed by atoms with Crippen LogP contribution in [-0.4, -0.2) is 76.3 Å². The molecule has 0 aliphatic carbocycles. The molecule has 4 aromatic rings. The Morgan fingerprint density at radius 3 is 2.49 bits per heavy atom. The molecule has 47 heavy (non-hydrogen) atoms. The highest BCUT2D eigenvalue weighted by atomic mass is 16.5. The maximum atomic E-state index is 12.9. The van der Waals surface area contributed by atoms with Crippen molar-refractivity contribution in [3.05, 3.63) is 78.3 Å². The lowest BCUT2D eigenvalue weighted by molar-refractivity contribution is 0.243. The van der Waals surface area contributed by atoms with Gasteiger partial charge in [-0.3, -0.25) is 10.2 Å². The van der Waals surface area contributed by atoms with E-state index in [1.54, 1.807) is 37.7 Å². The number of nitrogens with one attached hydrogen (secondary N) is 3. The minimum absolute atomic E-state index is 0.165. The molecular weight excluding hydrogens is 596 g/mol. The highest BCUT2D eigenvalue weighted by Crippen LogP contribution is 2.35. The Morgan fingerprint density at radius 2 is 1.81 bits per heavy atom. The summed E-state index contributed by atoms with van der Waals surface area (Å²) in [6.07, 6.45) is 4.38. The third kappa shape index (κ3) is 8.99. The van der Waals surface area contributed by atoms with E-state index in [1.165, 1.54) is 5.56 Å². The molecule has 2 aromatic heterocycles. The lowest BCUT2D eigenvalue weighted by Crippen LogP contribution is -2.43. The third-order valence-electron chi connectivity index (χ3n) is 7.64. The standard InChI is InChI=1S/C34H44N10O3/c1-34(2,3)42-33(45)41-31-29(23-13-27(46-4)16-28(14-23)47-5)15-24-17-37-32(40-30(24)39-31)38-18-25(35)20-44(36)26-11-12-43(21-26)19-22-9-7-6-8-10-22/h6-10,13-17,20,26H,11-12,18-19,21,35-36H2,1-5H3,(H3,37,38,39,40,41,42,45)/b25-20-. The molecule has 1 atom stereocenters. The lowest BCUT2D eigenvalue weighted by Gasteiger charge is -2.23. The number of hydrogen-bond donors (Lipinski definition) is 5. The van der Waals surface area contributed by atoms with Gasteiger partial charge in [-0.1, -0.05) is 30.3 Å². The van der Waals surface area contributed by atoms with Gasteiger partial charge in [0.2, 0.25) is 5.95 Å². The first-order valence-electron chi connectivity index (χ1n) is 15.5. The molecule has 248 valence electrons. The number of aromatic nitrogens is 3. The van der Waals surface area contributed by atoms with E-state index in [1.807, 2.05) is 45.0 Å². The average molecular weight is 641 g/mol. The number of carbonyl (C=O) groups is 1. The number of likely N-dealkylation sites (tertiary alicyclic amines) is 1. The predicted molar refractivity (Wildman–Crippen MR) is 185 cm³/mol. The van der Waals surface area contributed by atoms with Gasteiger partial charge in [0.25, 0.3) is 0 Å². The van der Waals surface area contributed by atoms with Gasteiger partial charge in [-0.05, 0) is 56.5 Å². The van der Waals surface area contributed by atoms with Crippen molar-refractivity contribution < 1.29 is 14.3 Å². The van der Waals surface area contributed by atoms with E-state index in [2.05, 4.69) is 55.1 Å². The third-order valence-corrected chi connectivity index (χ3v) is 7.64. The molecule has 7 N–H and O–H groups in total. The Labute approximate surface area is 275 Å². The number of ether oxygens (including phenoxy) is 2. The van der Waals surface area contributed by atoms with Crippen molar-refractivity contribution in [3.63, 3.8) is 0 Å². The Kier molecular flexibility index (Phi) is 10.3. The number of hydrazine groups is 1. The number of nitrogens with zero attached hydrogens (tertiary/aromatic N) is 5. The lowest BCUT2D eigenvalue weighted by atomic mass is 10.0. The monoisotopic (exact) mass is 640 g/mol. The molecule has 13 heteroatoms. The summed E-state index contributed by atoms with van der Waals surface area (Å²) >= 11 is 0. The fraction of sp³-hybridized carbons (Fsp3) is 0.353. The van der Waals surface area contributed by atoms with Crippen LogP contribution in [-0.2, 0) is 6.54 Å². The molecule has 0 radical (unpaired) electrons. The zero-order valence-corrected chi connectivity index (χ0v) is 27.6. The van der Waals surface area contributed by atoms with Crippen LogP contribution in [0.5, 0.6) is 11.5 Å². The summed E-state index contributed by atoms with van der Waals surface area (Å²) in [6, 6.07) is 17.5. The van der Waals surface area contributed by atoms with E-state index >= 15 is 0 Å². The van der Waals surface area contributed by atoms with Crippen molar-refractivity contribution in [2.75, 3.05) is 44.5 Å². The molecule has 1 saturated heterocycles. The van der Waals surface area contributed by atoms with Crippen LogP contribution in [0.3, 0.4) is 0 Å². The summed E-state index contributed by atoms with van der Waals surface area (Å²) in [6.45, 7) is 8.71. The van der Waals surface area contributed by atoms with Gasteiger partial charge in [0.15, 0.2) is 5.65 Å². The van der Waals surface area contributed by atoms with E-state index < -0.39 is 11.6 Å². The number of nitrogens with two attached hydrogens (primary N) is 2. The number of methoxy groups -OCH3 is 2. The Morgan fingerprint density at radius 1 is 1.09 bits per heavy atom. The summed E-state index contributed by atoms with van der Waals surface area (Å²) in [5.41, 5.74) is 9.48. The van der Waals surface area contributed by atoms with E-state index in [0.29, 0.717) is 45.6 Å². The van der Waals surface area contributed by atoms with E-state index in [4.69, 9.17) is 26.0 Å². The number of carbonyl (C=O) groups excluding carboxylic acids is 1. The number of pyridine rings is 1. The first-order chi connectivity index (χ1) is 22.5. The van der Waals surface area contributed by atoms with Gasteiger partial charge < -0.3 is 30.8 Å². The fourth-order valence-corrected chi connectivity index (χ4v) is 5.37. The maximum Gasteiger partial charge on any atom is 0.320 e. The fourth-order valence-electron chi connectivity index (χ4n) is 5.37. The van der Waals surface area contributed by atoms with Crippen LogP contribution in [0.15, 0.2) is 72.7 Å². The first-order valence-corrected chi connectivity index (χ1v) is 15.5. The SMILES string of the molecule is COc1cc(OC)cc(-c2cc3cnc(NC/C(N)=C/N(N)C4CCN(Cc5ccccc5)C4)nc3nc2NC(=O)NC(C)(C)C)c1. The number of anilines is 2. The Hall–Kier alpha value is -5.14. The van der Waals surface area contributed by atoms with Gasteiger partial charge in [-0.2, -0.15) is 4.98 Å². The van der Waals surface area contributed by atoms with Crippen molar-refractivity contribution in [2.45, 2.75) is 45.3 Å². The predicted octanol–water partition coefficient (Wildman–Crippen LogP) is 4.29. The van der Waals surface area contributed by atoms with Crippen molar-refractivity contribution >= 4 is 28.8 Å². The molecule has 2 aromatic carbocycles. The van der Waals surface area contributed by atoms with Crippen molar-refractivity contribution in [1.29, 1.82) is 0 Å². The molecule has 5 rings (SSSR count). The molecule has 2 amide bonds. The van der Waals surface area contributed by atoms with Crippen LogP contribution in [0, 0.1) is 0 Å². The van der Waals surface area contributed by atoms with Gasteiger partial charge in [0.1, 0.15) is 17.3 Å². The van der Waals surface area contributed by atoms with Crippen LogP contribution in [0.2, 0.25) is 0 Å². The molecule has 0 bridgehead atoms. The molecule has 3 heterocycles. The smallest absolute Gasteiger partial charge is 0.320 e. The second-order valence-corrected chi connectivity index (χ2v) is 12.6. The van der Waals surface area contributed by atoms with Crippen LogP contribution in [0.25, 0.3) is 22.2 Å². The second-order valence-electron chi connectivity index (χ2n) is 12.6. The Balaban J connectivity index is 1.31. The van der Waals surface area contributed by atoms with Gasteiger partial charge in [-0.15, -0.1) is 0 Å². The summed E-state index contributed by atoms with van der Waals surface area (Å²) < 4.78 is 10.9. The van der Waals surface area contributed by atoms with Crippen molar-refractivity contribution in [2.24, 2.45) is 11.6 Å². The van der Waals surface area contributed by atoms with E-state index in [9.17, 15) is 4.79 Å². The zero-order chi connectivity index (χ0) is 33.6. The summed E-state index contributed by atoms with van der Waals surface area (Å²) in [4.78, 5) is 29.1. The second kappa shape index (κ2) is 14.5. The van der Waals surface area contributed by atoms with Gasteiger partial charge in [0.05, 0.1) is 26.8 Å². The van der Waals surface area contributed by atoms with Crippen LogP contribution in [0.1, 0.15) is 32.8 Å². The number of hydrogen-bond acceptors (Lipinski definition) is 11. The van der Waals surface area contributed by atoms with E-state index in [-0.39, 0.29) is 12.6 Å². The van der Waals surface area contributed by atoms with Crippen LogP contribution >= 0.6 is 0 Å². The molecule has 1 unspecified atom stereocenters. The molecule has 0 spiro atoms. The molecule has 13 nitrogen and oxygen atoms in total. The van der Waals surface area contributed by atoms with Crippen LogP contribution in [0.4, 0.5) is 16.6 Å². The number of rotatable bonds is 11. The van der Waals surface area contributed by atoms with Crippen LogP contribution < -0.4 is 37.0 Å². The zero-order valence-electron chi connectivity index (χ0n) is 27.6. The quantitative estimate of drug-likeness (QED) is 0.117. The highest BCUT2D eigenvalue weighted by Gasteiger charge is 2.25. The summed E-state index contributed by atoms with van der Waals surface area (Å²) in [5, 5.41) is 11.3. The number of fused-ring (bicyclic) bond motifs is 1. The minimum atomic E-state index is -0.453. The maximum absolute atomic E-state index is 12.9. The molecule has 1 aliphatic heterocycles. The highest BCUT2D eigenvalue weighted by molar-refractivity contribution is 5.96. The van der Waals surface area contributed by atoms with Gasteiger partial charge in [-0.25, -0.2) is 20.6 Å². The van der Waals surface area contributed by atoms with Gasteiger partial charge >= 0.3 is 6.03 Å². The molecule has 1 aliphatic rings. The van der Waals surface area contributed by atoms with E-state index in [0.717, 1.165) is 31.6 Å². The number of urea groups is 1. The van der Waals surface area contributed by atoms with Crippen molar-refractivity contribution in [3.8, 4) is 22.6 Å². The number of amides is 2. The summed E-state index contributed by atoms with van der Waals surface area (Å²) in [7, 11) is 3.16. The molecule has 0 saturated carbocycles. The number of benzene rings is 2. The van der Waals surface area contributed by atoms with Crippen molar-refractivity contribution in [1.82, 2.24) is 30.2 Å². The topological polar surface area (TPSA) is 169 Å². The Bertz CT molecular complexity index is 1700. The first kappa shape index (κ1) is 33.2. The summed E-state index contributed by atoms with van der Waals surface area (Å²) in [5.74, 6) is 8.24. The normalized spacial score (nSPS) is 15.4.